The molecule has 4 unspecified atom stereocenters. The molecule has 2 saturated heterocycles. The van der Waals surface area contributed by atoms with Crippen molar-refractivity contribution in [3.8, 4) is 0 Å². The van der Waals surface area contributed by atoms with Crippen molar-refractivity contribution >= 4 is 0 Å². The summed E-state index contributed by atoms with van der Waals surface area (Å²) in [5, 5.41) is 13.0. The lowest BCUT2D eigenvalue weighted by Gasteiger charge is -2.22. The Hall–Kier alpha value is -0.160. The van der Waals surface area contributed by atoms with Gasteiger partial charge in [0.05, 0.1) is 31.5 Å². The molecule has 2 aliphatic heterocycles. The van der Waals surface area contributed by atoms with E-state index in [0.717, 1.165) is 13.0 Å². The summed E-state index contributed by atoms with van der Waals surface area (Å²) in [6.07, 6.45) is 3.45. The maximum absolute atomic E-state index is 9.58. The van der Waals surface area contributed by atoms with E-state index >= 15 is 0 Å². The van der Waals surface area contributed by atoms with Crippen molar-refractivity contribution in [2.75, 3.05) is 19.8 Å². The van der Waals surface area contributed by atoms with E-state index in [9.17, 15) is 5.11 Å². The van der Waals surface area contributed by atoms with Crippen LogP contribution in [0.1, 0.15) is 26.2 Å². The Morgan fingerprint density at radius 3 is 2.93 bits per heavy atom. The third-order valence-corrected chi connectivity index (χ3v) is 3.19. The van der Waals surface area contributed by atoms with Crippen molar-refractivity contribution < 1.29 is 14.6 Å². The van der Waals surface area contributed by atoms with Crippen LogP contribution in [0.25, 0.3) is 0 Å². The van der Waals surface area contributed by atoms with Gasteiger partial charge in [0.15, 0.2) is 0 Å². The van der Waals surface area contributed by atoms with E-state index in [1.165, 1.54) is 12.8 Å². The second-order valence-corrected chi connectivity index (χ2v) is 4.65. The van der Waals surface area contributed by atoms with E-state index in [2.05, 4.69) is 12.2 Å². The summed E-state index contributed by atoms with van der Waals surface area (Å²) in [6, 6.07) is 0.482. The quantitative estimate of drug-likeness (QED) is 0.708. The first-order valence-corrected chi connectivity index (χ1v) is 5.89. The van der Waals surface area contributed by atoms with Gasteiger partial charge in [-0.2, -0.15) is 0 Å². The van der Waals surface area contributed by atoms with Gasteiger partial charge in [0.2, 0.25) is 0 Å². The first-order valence-electron chi connectivity index (χ1n) is 5.89. The molecule has 0 aliphatic carbocycles. The van der Waals surface area contributed by atoms with Crippen molar-refractivity contribution in [1.29, 1.82) is 0 Å². The Balaban J connectivity index is 1.69. The van der Waals surface area contributed by atoms with Gasteiger partial charge in [0, 0.05) is 12.6 Å². The van der Waals surface area contributed by atoms with Crippen molar-refractivity contribution in [3.63, 3.8) is 0 Å². The number of aliphatic hydroxyl groups excluding tert-OH is 1. The van der Waals surface area contributed by atoms with Gasteiger partial charge in [-0.3, -0.25) is 0 Å². The molecule has 0 aromatic rings. The molecule has 0 bridgehead atoms. The first-order chi connectivity index (χ1) is 7.25. The molecule has 2 heterocycles. The standard InChI is InChI=1S/C11H21NO3/c1-8(5-9-3-2-4-15-9)12-10-6-14-7-11(10)13/h8-13H,2-7H2,1H3. The Bertz CT molecular complexity index is 194. The van der Waals surface area contributed by atoms with Crippen LogP contribution in [0.2, 0.25) is 0 Å². The molecular weight excluding hydrogens is 194 g/mol. The first kappa shape index (κ1) is 11.3. The molecule has 0 aromatic carbocycles. The normalized spacial score (nSPS) is 38.4. The minimum atomic E-state index is -0.350. The van der Waals surface area contributed by atoms with E-state index in [1.54, 1.807) is 0 Å². The topological polar surface area (TPSA) is 50.7 Å². The third-order valence-electron chi connectivity index (χ3n) is 3.19. The van der Waals surface area contributed by atoms with Crippen LogP contribution in [0, 0.1) is 0 Å². The van der Waals surface area contributed by atoms with Crippen molar-refractivity contribution in [3.05, 3.63) is 0 Å². The lowest BCUT2D eigenvalue weighted by atomic mass is 10.1. The average molecular weight is 215 g/mol. The molecule has 0 aromatic heterocycles. The predicted octanol–water partition coefficient (Wildman–Crippen LogP) is 0.293. The lowest BCUT2D eigenvalue weighted by molar-refractivity contribution is 0.0902. The van der Waals surface area contributed by atoms with E-state index in [4.69, 9.17) is 9.47 Å². The number of aliphatic hydroxyl groups is 1. The summed E-state index contributed by atoms with van der Waals surface area (Å²) in [4.78, 5) is 0. The Labute approximate surface area is 90.9 Å². The largest absolute Gasteiger partial charge is 0.389 e. The Morgan fingerprint density at radius 2 is 2.33 bits per heavy atom. The molecule has 2 aliphatic rings. The highest BCUT2D eigenvalue weighted by atomic mass is 16.5. The molecule has 4 heteroatoms. The zero-order valence-electron chi connectivity index (χ0n) is 9.32. The number of nitrogens with one attached hydrogen (secondary N) is 1. The molecule has 0 amide bonds. The summed E-state index contributed by atoms with van der Waals surface area (Å²) in [6.45, 7) is 4.14. The van der Waals surface area contributed by atoms with E-state index in [0.29, 0.717) is 25.4 Å². The molecule has 4 atom stereocenters. The van der Waals surface area contributed by atoms with Gasteiger partial charge in [0.25, 0.3) is 0 Å². The highest BCUT2D eigenvalue weighted by Crippen LogP contribution is 2.17. The van der Waals surface area contributed by atoms with Crippen LogP contribution in [0.5, 0.6) is 0 Å². The molecule has 2 N–H and O–H groups in total. The smallest absolute Gasteiger partial charge is 0.0948 e. The second-order valence-electron chi connectivity index (χ2n) is 4.65. The summed E-state index contributed by atoms with van der Waals surface area (Å²) in [5.74, 6) is 0. The highest BCUT2D eigenvalue weighted by molar-refractivity contribution is 4.84. The molecule has 2 fully saturated rings. The van der Waals surface area contributed by atoms with E-state index in [-0.39, 0.29) is 12.1 Å². The maximum atomic E-state index is 9.58. The van der Waals surface area contributed by atoms with Crippen molar-refractivity contribution in [1.82, 2.24) is 5.32 Å². The van der Waals surface area contributed by atoms with E-state index in [1.807, 2.05) is 0 Å². The van der Waals surface area contributed by atoms with Gasteiger partial charge < -0.3 is 19.9 Å². The number of hydrogen-bond acceptors (Lipinski definition) is 4. The fourth-order valence-corrected chi connectivity index (χ4v) is 2.36. The number of rotatable bonds is 4. The SMILES string of the molecule is CC(CC1CCCO1)NC1COCC1O. The number of ether oxygens (including phenoxy) is 2. The third kappa shape index (κ3) is 3.14. The van der Waals surface area contributed by atoms with Crippen molar-refractivity contribution in [2.45, 2.75) is 50.5 Å². The van der Waals surface area contributed by atoms with Crippen molar-refractivity contribution in [2.24, 2.45) is 0 Å². The van der Waals surface area contributed by atoms with Crippen LogP contribution in [-0.4, -0.2) is 49.2 Å². The Kier molecular flexibility index (Phi) is 3.97. The van der Waals surface area contributed by atoms with Gasteiger partial charge in [-0.15, -0.1) is 0 Å². The zero-order chi connectivity index (χ0) is 10.7. The predicted molar refractivity (Wildman–Crippen MR) is 56.8 cm³/mol. The summed E-state index contributed by atoms with van der Waals surface area (Å²) < 4.78 is 10.8. The molecule has 0 saturated carbocycles. The molecule has 0 spiro atoms. The Morgan fingerprint density at radius 1 is 1.47 bits per heavy atom. The van der Waals surface area contributed by atoms with Crippen LogP contribution >= 0.6 is 0 Å². The molecular formula is C11H21NO3. The maximum Gasteiger partial charge on any atom is 0.0948 e. The summed E-state index contributed by atoms with van der Waals surface area (Å²) in [7, 11) is 0. The molecule has 15 heavy (non-hydrogen) atoms. The van der Waals surface area contributed by atoms with Crippen LogP contribution in [0.4, 0.5) is 0 Å². The fourth-order valence-electron chi connectivity index (χ4n) is 2.36. The molecule has 88 valence electrons. The molecule has 2 rings (SSSR count). The van der Waals surface area contributed by atoms with Crippen LogP contribution < -0.4 is 5.32 Å². The average Bonchev–Trinajstić information content (AvgIpc) is 2.79. The van der Waals surface area contributed by atoms with Gasteiger partial charge in [-0.05, 0) is 26.2 Å². The number of hydrogen-bond donors (Lipinski definition) is 2. The van der Waals surface area contributed by atoms with Crippen LogP contribution in [0.15, 0.2) is 0 Å². The van der Waals surface area contributed by atoms with Gasteiger partial charge >= 0.3 is 0 Å². The summed E-state index contributed by atoms with van der Waals surface area (Å²) >= 11 is 0. The molecule has 0 radical (unpaired) electrons. The minimum absolute atomic E-state index is 0.0985. The van der Waals surface area contributed by atoms with Gasteiger partial charge in [-0.25, -0.2) is 0 Å². The fraction of sp³-hybridized carbons (Fsp3) is 1.00. The highest BCUT2D eigenvalue weighted by Gasteiger charge is 2.28. The lowest BCUT2D eigenvalue weighted by Crippen LogP contribution is -2.44. The van der Waals surface area contributed by atoms with Crippen LogP contribution in [-0.2, 0) is 9.47 Å². The zero-order valence-corrected chi connectivity index (χ0v) is 9.32. The monoisotopic (exact) mass is 215 g/mol. The summed E-state index contributed by atoms with van der Waals surface area (Å²) in [5.41, 5.74) is 0. The van der Waals surface area contributed by atoms with E-state index < -0.39 is 0 Å². The second kappa shape index (κ2) is 5.25. The van der Waals surface area contributed by atoms with Gasteiger partial charge in [-0.1, -0.05) is 0 Å². The molecule has 4 nitrogen and oxygen atoms in total. The minimum Gasteiger partial charge on any atom is -0.389 e. The van der Waals surface area contributed by atoms with Crippen LogP contribution in [0.3, 0.4) is 0 Å². The van der Waals surface area contributed by atoms with Gasteiger partial charge in [0.1, 0.15) is 0 Å².